The maximum atomic E-state index is 5.79. The predicted molar refractivity (Wildman–Crippen MR) is 58.7 cm³/mol. The van der Waals surface area contributed by atoms with E-state index >= 15 is 0 Å². The summed E-state index contributed by atoms with van der Waals surface area (Å²) in [6.45, 7) is 5.84. The number of nitrogens with zero attached hydrogens (tertiary/aromatic N) is 3. The molecule has 0 aromatic carbocycles. The quantitative estimate of drug-likeness (QED) is 0.786. The number of hydrogen-bond donors (Lipinski definition) is 2. The Kier molecular flexibility index (Phi) is 3.50. The fourth-order valence-electron chi connectivity index (χ4n) is 2.04. The van der Waals surface area contributed by atoms with Crippen LogP contribution in [0.5, 0.6) is 0 Å². The summed E-state index contributed by atoms with van der Waals surface area (Å²) in [6, 6.07) is 0.484. The van der Waals surface area contributed by atoms with E-state index in [4.69, 9.17) is 4.74 Å². The first-order valence-electron chi connectivity index (χ1n) is 5.81. The third-order valence-corrected chi connectivity index (χ3v) is 3.28. The Balaban J connectivity index is 1.81. The summed E-state index contributed by atoms with van der Waals surface area (Å²) < 4.78 is 5.79. The van der Waals surface area contributed by atoms with Crippen LogP contribution in [0.25, 0.3) is 0 Å². The van der Waals surface area contributed by atoms with E-state index in [0.29, 0.717) is 18.4 Å². The number of rotatable bonds is 4. The average Bonchev–Trinajstić information content (AvgIpc) is 2.80. The molecule has 1 aromatic heterocycles. The molecule has 90 valence electrons. The van der Waals surface area contributed by atoms with E-state index in [1.54, 1.807) is 0 Å². The van der Waals surface area contributed by atoms with Crippen LogP contribution in [0.3, 0.4) is 0 Å². The van der Waals surface area contributed by atoms with Gasteiger partial charge in [-0.2, -0.15) is 5.21 Å². The second kappa shape index (κ2) is 4.88. The number of ether oxygens (including phenoxy) is 1. The molecule has 1 fully saturated rings. The number of hydrogen-bond acceptors (Lipinski definition) is 5. The minimum absolute atomic E-state index is 0.0210. The van der Waals surface area contributed by atoms with Crippen LogP contribution >= 0.6 is 0 Å². The lowest BCUT2D eigenvalue weighted by atomic mass is 9.90. The van der Waals surface area contributed by atoms with Gasteiger partial charge in [-0.15, -0.1) is 10.2 Å². The molecule has 2 atom stereocenters. The fourth-order valence-corrected chi connectivity index (χ4v) is 2.04. The Morgan fingerprint density at radius 2 is 2.50 bits per heavy atom. The molecule has 2 heterocycles. The van der Waals surface area contributed by atoms with Crippen LogP contribution in [-0.4, -0.2) is 38.9 Å². The molecule has 0 radical (unpaired) electrons. The van der Waals surface area contributed by atoms with Gasteiger partial charge in [0.15, 0.2) is 5.82 Å². The molecule has 1 saturated heterocycles. The van der Waals surface area contributed by atoms with Crippen LogP contribution < -0.4 is 5.32 Å². The van der Waals surface area contributed by atoms with E-state index in [9.17, 15) is 0 Å². The lowest BCUT2D eigenvalue weighted by Gasteiger charge is -2.38. The lowest BCUT2D eigenvalue weighted by molar-refractivity contribution is -0.0781. The van der Waals surface area contributed by atoms with Crippen LogP contribution in [0.1, 0.15) is 38.9 Å². The van der Waals surface area contributed by atoms with Crippen molar-refractivity contribution in [2.24, 2.45) is 0 Å². The smallest absolute Gasteiger partial charge is 0.188 e. The van der Waals surface area contributed by atoms with Gasteiger partial charge in [0.1, 0.15) is 0 Å². The molecule has 1 aliphatic rings. The van der Waals surface area contributed by atoms with Crippen molar-refractivity contribution in [1.29, 1.82) is 0 Å². The van der Waals surface area contributed by atoms with Crippen LogP contribution in [0.4, 0.5) is 0 Å². The SMILES string of the molecule is CCC1(C)CC(NCc2nn[nH]n2)CCO1. The molecule has 6 heteroatoms. The van der Waals surface area contributed by atoms with Gasteiger partial charge in [0.05, 0.1) is 12.1 Å². The van der Waals surface area contributed by atoms with Crippen molar-refractivity contribution < 1.29 is 4.74 Å². The van der Waals surface area contributed by atoms with Gasteiger partial charge in [-0.05, 0) is 26.2 Å². The normalized spacial score (nSPS) is 30.5. The van der Waals surface area contributed by atoms with Crippen LogP contribution in [0.15, 0.2) is 0 Å². The van der Waals surface area contributed by atoms with Crippen LogP contribution in [0, 0.1) is 0 Å². The van der Waals surface area contributed by atoms with Crippen molar-refractivity contribution in [3.63, 3.8) is 0 Å². The molecule has 0 amide bonds. The van der Waals surface area contributed by atoms with Gasteiger partial charge < -0.3 is 10.1 Å². The molecule has 0 aliphatic carbocycles. The summed E-state index contributed by atoms with van der Waals surface area (Å²) in [6.07, 6.45) is 3.14. The summed E-state index contributed by atoms with van der Waals surface area (Å²) in [7, 11) is 0. The molecular formula is C10H19N5O. The zero-order chi connectivity index (χ0) is 11.4. The highest BCUT2D eigenvalue weighted by Crippen LogP contribution is 2.27. The maximum Gasteiger partial charge on any atom is 0.188 e. The van der Waals surface area contributed by atoms with Crippen molar-refractivity contribution in [2.75, 3.05) is 6.61 Å². The molecule has 6 nitrogen and oxygen atoms in total. The first-order chi connectivity index (χ1) is 7.72. The second-order valence-corrected chi connectivity index (χ2v) is 4.55. The summed E-state index contributed by atoms with van der Waals surface area (Å²) >= 11 is 0. The summed E-state index contributed by atoms with van der Waals surface area (Å²) in [5.41, 5.74) is 0.0210. The Labute approximate surface area is 95.1 Å². The molecule has 0 saturated carbocycles. The number of nitrogens with one attached hydrogen (secondary N) is 2. The van der Waals surface area contributed by atoms with Gasteiger partial charge in [0.25, 0.3) is 0 Å². The fraction of sp³-hybridized carbons (Fsp3) is 0.900. The van der Waals surface area contributed by atoms with E-state index in [2.05, 4.69) is 39.8 Å². The summed E-state index contributed by atoms with van der Waals surface area (Å²) in [4.78, 5) is 0. The van der Waals surface area contributed by atoms with Gasteiger partial charge in [-0.3, -0.25) is 0 Å². The molecule has 2 unspecified atom stereocenters. The van der Waals surface area contributed by atoms with Crippen molar-refractivity contribution in [3.05, 3.63) is 5.82 Å². The highest BCUT2D eigenvalue weighted by atomic mass is 16.5. The van der Waals surface area contributed by atoms with E-state index in [-0.39, 0.29) is 5.60 Å². The van der Waals surface area contributed by atoms with Crippen LogP contribution in [0.2, 0.25) is 0 Å². The van der Waals surface area contributed by atoms with Gasteiger partial charge in [0, 0.05) is 12.6 Å². The van der Waals surface area contributed by atoms with Gasteiger partial charge >= 0.3 is 0 Å². The van der Waals surface area contributed by atoms with Crippen molar-refractivity contribution in [2.45, 2.75) is 51.3 Å². The Morgan fingerprint density at radius 3 is 3.19 bits per heavy atom. The van der Waals surface area contributed by atoms with E-state index in [1.807, 2.05) is 0 Å². The molecule has 2 rings (SSSR count). The lowest BCUT2D eigenvalue weighted by Crippen LogP contribution is -2.44. The third-order valence-electron chi connectivity index (χ3n) is 3.28. The van der Waals surface area contributed by atoms with Gasteiger partial charge in [-0.25, -0.2) is 0 Å². The molecule has 16 heavy (non-hydrogen) atoms. The highest BCUT2D eigenvalue weighted by Gasteiger charge is 2.31. The minimum Gasteiger partial charge on any atom is -0.375 e. The zero-order valence-corrected chi connectivity index (χ0v) is 9.86. The number of aromatic amines is 1. The van der Waals surface area contributed by atoms with E-state index < -0.39 is 0 Å². The zero-order valence-electron chi connectivity index (χ0n) is 9.86. The molecule has 2 N–H and O–H groups in total. The second-order valence-electron chi connectivity index (χ2n) is 4.55. The largest absolute Gasteiger partial charge is 0.375 e. The minimum atomic E-state index is 0.0210. The molecule has 0 spiro atoms. The third kappa shape index (κ3) is 2.76. The van der Waals surface area contributed by atoms with E-state index in [0.717, 1.165) is 25.9 Å². The van der Waals surface area contributed by atoms with Crippen molar-refractivity contribution >= 4 is 0 Å². The number of tetrazole rings is 1. The topological polar surface area (TPSA) is 75.7 Å². The Morgan fingerprint density at radius 1 is 1.62 bits per heavy atom. The van der Waals surface area contributed by atoms with Crippen molar-refractivity contribution in [3.8, 4) is 0 Å². The number of aromatic nitrogens is 4. The van der Waals surface area contributed by atoms with Crippen molar-refractivity contribution in [1.82, 2.24) is 25.9 Å². The first kappa shape index (κ1) is 11.5. The maximum absolute atomic E-state index is 5.79. The Bertz CT molecular complexity index is 315. The molecule has 1 aliphatic heterocycles. The first-order valence-corrected chi connectivity index (χ1v) is 5.81. The molecular weight excluding hydrogens is 206 g/mol. The van der Waals surface area contributed by atoms with Gasteiger partial charge in [0.2, 0.25) is 0 Å². The van der Waals surface area contributed by atoms with E-state index in [1.165, 1.54) is 0 Å². The number of H-pyrrole nitrogens is 1. The molecule has 0 bridgehead atoms. The standard InChI is InChI=1S/C10H19N5O/c1-3-10(2)6-8(4-5-16-10)11-7-9-12-14-15-13-9/h8,11H,3-7H2,1-2H3,(H,12,13,14,15). The summed E-state index contributed by atoms with van der Waals surface area (Å²) in [5.74, 6) is 0.713. The monoisotopic (exact) mass is 225 g/mol. The predicted octanol–water partition coefficient (Wildman–Crippen LogP) is 0.637. The highest BCUT2D eigenvalue weighted by molar-refractivity contribution is 4.87. The Hall–Kier alpha value is -1.01. The summed E-state index contributed by atoms with van der Waals surface area (Å²) in [5, 5.41) is 17.3. The molecule has 1 aromatic rings. The van der Waals surface area contributed by atoms with Crippen LogP contribution in [-0.2, 0) is 11.3 Å². The average molecular weight is 225 g/mol. The van der Waals surface area contributed by atoms with Gasteiger partial charge in [-0.1, -0.05) is 12.1 Å².